The molecule has 11 heavy (non-hydrogen) atoms. The van der Waals surface area contributed by atoms with E-state index < -0.39 is 11.8 Å². The van der Waals surface area contributed by atoms with Gasteiger partial charge in [0.15, 0.2) is 0 Å². The van der Waals surface area contributed by atoms with Gasteiger partial charge < -0.3 is 11.0 Å². The average Bonchev–Trinajstić information content (AvgIpc) is 1.84. The maximum atomic E-state index is 10.0. The van der Waals surface area contributed by atoms with Gasteiger partial charge in [-0.25, -0.2) is 11.7 Å². The molecule has 0 aliphatic carbocycles. The molecule has 0 aromatic carbocycles. The molecule has 0 heterocycles. The summed E-state index contributed by atoms with van der Waals surface area (Å²) in [7, 11) is 0. The van der Waals surface area contributed by atoms with E-state index in [1.807, 2.05) is 0 Å². The standard InChI is InChI=1S/C2H6N4O2.2O.Ti/c3-5-1(7)2(8)6-4;;;/h3-4H2,(H,5,7)(H,6,8);;;/q;2*-2;+4. The topological polar surface area (TPSA) is 167 Å². The van der Waals surface area contributed by atoms with E-state index in [-0.39, 0.29) is 32.7 Å². The Morgan fingerprint density at radius 1 is 0.909 bits per heavy atom. The summed E-state index contributed by atoms with van der Waals surface area (Å²) in [5, 5.41) is 0. The van der Waals surface area contributed by atoms with E-state index in [0.717, 1.165) is 0 Å². The number of hydrazine groups is 2. The van der Waals surface area contributed by atoms with Crippen molar-refractivity contribution in [2.75, 3.05) is 0 Å². The molecule has 0 radical (unpaired) electrons. The van der Waals surface area contributed by atoms with Crippen LogP contribution in [0.3, 0.4) is 0 Å². The van der Waals surface area contributed by atoms with Gasteiger partial charge in [0, 0.05) is 0 Å². The van der Waals surface area contributed by atoms with Crippen LogP contribution in [0.25, 0.3) is 0 Å². The normalized spacial score (nSPS) is 5.64. The zero-order valence-electron chi connectivity index (χ0n) is 5.29. The second-order valence-electron chi connectivity index (χ2n) is 0.947. The van der Waals surface area contributed by atoms with E-state index in [9.17, 15) is 9.59 Å². The molecule has 9 heteroatoms. The first-order valence-corrected chi connectivity index (χ1v) is 1.74. The SMILES string of the molecule is NNC(=O)C(=O)NN.[O-2].[O-2].[Ti+4]. The molecule has 0 aromatic rings. The fourth-order valence-electron chi connectivity index (χ4n) is 0.131. The monoisotopic (exact) mass is 198 g/mol. The number of carbonyl (C=O) groups excluding carboxylic acids is 2. The third kappa shape index (κ3) is 9.49. The number of hydrogen-bond donors (Lipinski definition) is 4. The maximum Gasteiger partial charge on any atom is 4.00 e. The number of carbonyl (C=O) groups is 2. The van der Waals surface area contributed by atoms with Crippen molar-refractivity contribution in [3.63, 3.8) is 0 Å². The Kier molecular flexibility index (Phi) is 24.9. The molecular weight excluding hydrogens is 192 g/mol. The minimum atomic E-state index is -0.965. The van der Waals surface area contributed by atoms with Crippen molar-refractivity contribution in [2.45, 2.75) is 0 Å². The van der Waals surface area contributed by atoms with E-state index in [1.165, 1.54) is 0 Å². The predicted molar refractivity (Wildman–Crippen MR) is 26.0 cm³/mol. The van der Waals surface area contributed by atoms with Crippen molar-refractivity contribution in [3.8, 4) is 0 Å². The van der Waals surface area contributed by atoms with Crippen LogP contribution in [-0.2, 0) is 42.3 Å². The number of rotatable bonds is 0. The summed E-state index contributed by atoms with van der Waals surface area (Å²) in [5.41, 5.74) is 3.17. The average molecular weight is 198 g/mol. The fraction of sp³-hybridized carbons (Fsp3) is 0. The first kappa shape index (κ1) is 22.4. The minimum absolute atomic E-state index is 0. The Balaban J connectivity index is -0.0000000817. The summed E-state index contributed by atoms with van der Waals surface area (Å²) in [6.07, 6.45) is 0. The largest absolute Gasteiger partial charge is 4.00 e. The molecule has 0 saturated heterocycles. The fourth-order valence-corrected chi connectivity index (χ4v) is 0.131. The van der Waals surface area contributed by atoms with E-state index >= 15 is 0 Å². The quantitative estimate of drug-likeness (QED) is 0.105. The van der Waals surface area contributed by atoms with Gasteiger partial charge in [0.05, 0.1) is 0 Å². The maximum absolute atomic E-state index is 10.0. The van der Waals surface area contributed by atoms with Crippen LogP contribution in [0, 0.1) is 0 Å². The van der Waals surface area contributed by atoms with Gasteiger partial charge in [-0.3, -0.25) is 20.4 Å². The Bertz CT molecular complexity index is 105. The van der Waals surface area contributed by atoms with Crippen LogP contribution in [0.5, 0.6) is 0 Å². The van der Waals surface area contributed by atoms with Crippen LogP contribution in [0.4, 0.5) is 0 Å². The van der Waals surface area contributed by atoms with Gasteiger partial charge in [0.2, 0.25) is 0 Å². The Morgan fingerprint density at radius 2 is 1.09 bits per heavy atom. The molecule has 0 aliphatic rings. The summed E-state index contributed by atoms with van der Waals surface area (Å²) in [4.78, 5) is 20.0. The molecule has 0 spiro atoms. The third-order valence-electron chi connectivity index (χ3n) is 0.468. The van der Waals surface area contributed by atoms with Crippen LogP contribution in [0.15, 0.2) is 0 Å². The van der Waals surface area contributed by atoms with Gasteiger partial charge in [-0.1, -0.05) is 0 Å². The van der Waals surface area contributed by atoms with Crippen molar-refractivity contribution < 1.29 is 42.3 Å². The molecule has 0 fully saturated rings. The second-order valence-corrected chi connectivity index (χ2v) is 0.947. The molecule has 0 rings (SSSR count). The number of nitrogens with two attached hydrogens (primary N) is 2. The summed E-state index contributed by atoms with van der Waals surface area (Å²) in [6.45, 7) is 0. The summed E-state index contributed by atoms with van der Waals surface area (Å²) in [5.74, 6) is 7.13. The van der Waals surface area contributed by atoms with Crippen LogP contribution in [-0.4, -0.2) is 11.8 Å². The van der Waals surface area contributed by atoms with E-state index in [1.54, 1.807) is 10.9 Å². The van der Waals surface area contributed by atoms with Gasteiger partial charge >= 0.3 is 33.5 Å². The summed E-state index contributed by atoms with van der Waals surface area (Å²) < 4.78 is 0. The first-order valence-electron chi connectivity index (χ1n) is 1.74. The van der Waals surface area contributed by atoms with Gasteiger partial charge in [0.1, 0.15) is 0 Å². The molecule has 6 N–H and O–H groups in total. The van der Waals surface area contributed by atoms with E-state index in [4.69, 9.17) is 0 Å². The van der Waals surface area contributed by atoms with Gasteiger partial charge in [-0.05, 0) is 0 Å². The van der Waals surface area contributed by atoms with E-state index in [2.05, 4.69) is 11.7 Å². The van der Waals surface area contributed by atoms with E-state index in [0.29, 0.717) is 0 Å². The van der Waals surface area contributed by atoms with Crippen molar-refractivity contribution in [2.24, 2.45) is 11.7 Å². The number of nitrogens with one attached hydrogen (secondary N) is 2. The predicted octanol–water partition coefficient (Wildman–Crippen LogP) is -3.27. The van der Waals surface area contributed by atoms with Gasteiger partial charge in [-0.15, -0.1) is 0 Å². The smallest absolute Gasteiger partial charge is 2.00 e. The molecule has 0 bridgehead atoms. The van der Waals surface area contributed by atoms with Crippen LogP contribution in [0.2, 0.25) is 0 Å². The van der Waals surface area contributed by atoms with Gasteiger partial charge in [0.25, 0.3) is 0 Å². The van der Waals surface area contributed by atoms with Crippen molar-refractivity contribution >= 4 is 11.8 Å². The molecule has 0 unspecified atom stereocenters. The Hall–Kier alpha value is -0.506. The van der Waals surface area contributed by atoms with Crippen molar-refractivity contribution in [3.05, 3.63) is 0 Å². The zero-order chi connectivity index (χ0) is 6.57. The van der Waals surface area contributed by atoms with Crippen LogP contribution >= 0.6 is 0 Å². The molecule has 8 nitrogen and oxygen atoms in total. The molecular formula is C2H6N4O4Ti. The summed E-state index contributed by atoms with van der Waals surface area (Å²) in [6, 6.07) is 0. The van der Waals surface area contributed by atoms with Gasteiger partial charge in [-0.2, -0.15) is 0 Å². The summed E-state index contributed by atoms with van der Waals surface area (Å²) >= 11 is 0. The molecule has 2 amide bonds. The molecule has 62 valence electrons. The first-order chi connectivity index (χ1) is 3.72. The van der Waals surface area contributed by atoms with Crippen molar-refractivity contribution in [1.82, 2.24) is 10.9 Å². The molecule has 0 aromatic heterocycles. The molecule has 0 aliphatic heterocycles. The number of hydrogen-bond acceptors (Lipinski definition) is 4. The zero-order valence-corrected chi connectivity index (χ0v) is 6.85. The number of amides is 2. The van der Waals surface area contributed by atoms with Crippen LogP contribution < -0.4 is 22.5 Å². The third-order valence-corrected chi connectivity index (χ3v) is 0.468. The van der Waals surface area contributed by atoms with Crippen LogP contribution in [0.1, 0.15) is 0 Å². The molecule has 0 atom stereocenters. The Labute approximate surface area is 77.1 Å². The Morgan fingerprint density at radius 3 is 1.18 bits per heavy atom. The second kappa shape index (κ2) is 12.2. The van der Waals surface area contributed by atoms with Crippen molar-refractivity contribution in [1.29, 1.82) is 0 Å². The molecule has 0 saturated carbocycles. The minimum Gasteiger partial charge on any atom is -2.00 e.